The number of hydrogen-bond acceptors (Lipinski definition) is 11. The Morgan fingerprint density at radius 3 is 2.24 bits per heavy atom. The van der Waals surface area contributed by atoms with Crippen molar-refractivity contribution >= 4 is 40.1 Å². The van der Waals surface area contributed by atoms with E-state index >= 15 is 4.39 Å². The van der Waals surface area contributed by atoms with Crippen molar-refractivity contribution in [2.24, 2.45) is 5.92 Å². The molecule has 0 unspecified atom stereocenters. The summed E-state index contributed by atoms with van der Waals surface area (Å²) >= 11 is 0. The molecule has 3 aliphatic heterocycles. The quantitative estimate of drug-likeness (QED) is 0.134. The molecule has 3 fully saturated rings. The highest BCUT2D eigenvalue weighted by molar-refractivity contribution is 6.03. The molecule has 0 atom stereocenters. The zero-order valence-corrected chi connectivity index (χ0v) is 40.4. The molecule has 0 radical (unpaired) electrons. The molecule has 3 saturated heterocycles. The summed E-state index contributed by atoms with van der Waals surface area (Å²) in [5, 5.41) is 18.6. The number of amides is 4. The number of aromatic amines is 1. The number of piperidine rings is 1. The number of hydrogen-bond donors (Lipinski definition) is 3. The fourth-order valence-corrected chi connectivity index (χ4v) is 9.80. The van der Waals surface area contributed by atoms with Crippen molar-refractivity contribution in [2.45, 2.75) is 46.1 Å². The normalized spacial score (nSPS) is 16.1. The van der Waals surface area contributed by atoms with Crippen molar-refractivity contribution in [1.29, 1.82) is 0 Å². The SMILES string of the molecule is CCc1cnn(-c2cnc(C(=O)N3CCC(CN4CCN(CC(=O)N5CCN(C(=O)c6cc(Cc7n[nH]c(=O)c8ccccc78)ccc6F)CC5)CC4)CC3)c(NC(=O)CNCc3cccc(C)c3)c2)c1. The van der Waals surface area contributed by atoms with Gasteiger partial charge in [0.15, 0.2) is 5.69 Å². The third kappa shape index (κ3) is 11.9. The van der Waals surface area contributed by atoms with Gasteiger partial charge in [0, 0.05) is 96.5 Å². The lowest BCUT2D eigenvalue weighted by Crippen LogP contribution is -2.55. The van der Waals surface area contributed by atoms with Crippen LogP contribution < -0.4 is 16.2 Å². The Hall–Kier alpha value is -7.15. The van der Waals surface area contributed by atoms with Gasteiger partial charge in [-0.1, -0.05) is 61.0 Å². The zero-order chi connectivity index (χ0) is 49.4. The molecule has 4 amide bonds. The number of benzene rings is 3. The van der Waals surface area contributed by atoms with E-state index in [0.717, 1.165) is 68.7 Å². The molecule has 9 rings (SSSR count). The first-order valence-electron chi connectivity index (χ1n) is 24.6. The standard InChI is InChI=1S/C53H61FN12O5/c1-3-37-30-57-66(34-37)41-28-47(58-48(67)32-55-29-40-8-6-7-36(2)25-40)50(56-31-41)53(71)64-15-13-38(14-16-64)33-61-17-19-62(20-18-61)35-49(68)63-21-23-65(24-22-63)52(70)44-26-39(11-12-45(44)54)27-46-42-9-4-5-10-43(42)51(69)60-59-46/h4-12,25-26,28,30-31,34,38,55H,3,13-24,27,29,32-33,35H2,1-2H3,(H,58,67)(H,60,69). The van der Waals surface area contributed by atoms with Gasteiger partial charge in [-0.2, -0.15) is 10.2 Å². The molecule has 6 heterocycles. The molecule has 0 bridgehead atoms. The molecule has 71 heavy (non-hydrogen) atoms. The molecule has 3 N–H and O–H groups in total. The minimum Gasteiger partial charge on any atom is -0.338 e. The molecule has 18 heteroatoms. The highest BCUT2D eigenvalue weighted by Crippen LogP contribution is 2.26. The first-order valence-corrected chi connectivity index (χ1v) is 24.6. The largest absolute Gasteiger partial charge is 0.338 e. The van der Waals surface area contributed by atoms with Crippen molar-refractivity contribution in [3.05, 3.63) is 147 Å². The van der Waals surface area contributed by atoms with Crippen LogP contribution in [0.5, 0.6) is 0 Å². The number of likely N-dealkylation sites (tertiary alicyclic amines) is 1. The van der Waals surface area contributed by atoms with Crippen LogP contribution in [-0.4, -0.2) is 158 Å². The molecule has 370 valence electrons. The van der Waals surface area contributed by atoms with Crippen molar-refractivity contribution in [3.8, 4) is 5.69 Å². The summed E-state index contributed by atoms with van der Waals surface area (Å²) in [6, 6.07) is 21.5. The highest BCUT2D eigenvalue weighted by atomic mass is 19.1. The van der Waals surface area contributed by atoms with Crippen LogP contribution >= 0.6 is 0 Å². The lowest BCUT2D eigenvalue weighted by Gasteiger charge is -2.40. The summed E-state index contributed by atoms with van der Waals surface area (Å²) < 4.78 is 16.8. The van der Waals surface area contributed by atoms with E-state index in [1.54, 1.807) is 57.2 Å². The molecule has 0 spiro atoms. The second-order valence-corrected chi connectivity index (χ2v) is 18.9. The highest BCUT2D eigenvalue weighted by Gasteiger charge is 2.31. The third-order valence-corrected chi connectivity index (χ3v) is 13.9. The van der Waals surface area contributed by atoms with Crippen LogP contribution in [-0.2, 0) is 29.0 Å². The molecule has 3 aromatic carbocycles. The van der Waals surface area contributed by atoms with E-state index in [9.17, 15) is 24.0 Å². The van der Waals surface area contributed by atoms with Crippen LogP contribution in [0.3, 0.4) is 0 Å². The Morgan fingerprint density at radius 2 is 1.49 bits per heavy atom. The smallest absolute Gasteiger partial charge is 0.274 e. The van der Waals surface area contributed by atoms with Crippen molar-refractivity contribution in [1.82, 2.24) is 54.8 Å². The van der Waals surface area contributed by atoms with Crippen molar-refractivity contribution < 1.29 is 23.6 Å². The van der Waals surface area contributed by atoms with Gasteiger partial charge in [0.1, 0.15) is 5.82 Å². The Morgan fingerprint density at radius 1 is 0.761 bits per heavy atom. The second kappa shape index (κ2) is 22.3. The van der Waals surface area contributed by atoms with E-state index in [4.69, 9.17) is 0 Å². The fourth-order valence-electron chi connectivity index (χ4n) is 9.80. The molecule has 3 aromatic heterocycles. The predicted octanol–water partition coefficient (Wildman–Crippen LogP) is 4.29. The summed E-state index contributed by atoms with van der Waals surface area (Å²) in [6.45, 7) is 11.6. The van der Waals surface area contributed by atoms with E-state index in [1.165, 1.54) is 6.07 Å². The molecule has 0 saturated carbocycles. The number of nitrogens with one attached hydrogen (secondary N) is 3. The zero-order valence-electron chi connectivity index (χ0n) is 40.4. The molecule has 3 aliphatic rings. The Kier molecular flexibility index (Phi) is 15.3. The van der Waals surface area contributed by atoms with Crippen LogP contribution in [0.1, 0.15) is 68.6 Å². The van der Waals surface area contributed by atoms with E-state index in [-0.39, 0.29) is 41.1 Å². The Bertz CT molecular complexity index is 2950. The van der Waals surface area contributed by atoms with Crippen molar-refractivity contribution in [3.63, 3.8) is 0 Å². The number of halogens is 1. The van der Waals surface area contributed by atoms with Gasteiger partial charge >= 0.3 is 0 Å². The first kappa shape index (κ1) is 48.9. The van der Waals surface area contributed by atoms with Gasteiger partial charge in [0.05, 0.1) is 53.5 Å². The van der Waals surface area contributed by atoms with Gasteiger partial charge in [0.25, 0.3) is 17.4 Å². The second-order valence-electron chi connectivity index (χ2n) is 18.9. The van der Waals surface area contributed by atoms with E-state index in [2.05, 4.69) is 53.7 Å². The maximum absolute atomic E-state index is 15.1. The molecular formula is C53H61FN12O5. The maximum Gasteiger partial charge on any atom is 0.274 e. The van der Waals surface area contributed by atoms with Crippen LogP contribution in [0.4, 0.5) is 10.1 Å². The molecule has 0 aliphatic carbocycles. The Balaban J connectivity index is 0.717. The van der Waals surface area contributed by atoms with Gasteiger partial charge in [-0.05, 0) is 73.1 Å². The lowest BCUT2D eigenvalue weighted by atomic mass is 9.95. The van der Waals surface area contributed by atoms with Gasteiger partial charge in [-0.3, -0.25) is 28.9 Å². The monoisotopic (exact) mass is 964 g/mol. The molecular weight excluding hydrogens is 904 g/mol. The van der Waals surface area contributed by atoms with Crippen LogP contribution in [0.25, 0.3) is 16.5 Å². The van der Waals surface area contributed by atoms with Crippen LogP contribution in [0.2, 0.25) is 0 Å². The average Bonchev–Trinajstić information content (AvgIpc) is 3.88. The van der Waals surface area contributed by atoms with Gasteiger partial charge < -0.3 is 30.2 Å². The Labute approximate surface area is 412 Å². The number of carbonyl (C=O) groups excluding carboxylic acids is 4. The fraction of sp³-hybridized carbons (Fsp3) is 0.396. The summed E-state index contributed by atoms with van der Waals surface area (Å²) in [5.74, 6) is -1.09. The number of pyridine rings is 1. The first-order chi connectivity index (χ1) is 34.5. The van der Waals surface area contributed by atoms with E-state index < -0.39 is 11.7 Å². The average molecular weight is 965 g/mol. The van der Waals surface area contributed by atoms with Crippen LogP contribution in [0, 0.1) is 18.7 Å². The van der Waals surface area contributed by atoms with Gasteiger partial charge in [-0.25, -0.2) is 19.2 Å². The lowest BCUT2D eigenvalue weighted by molar-refractivity contribution is -0.134. The number of aromatic nitrogens is 5. The third-order valence-electron chi connectivity index (χ3n) is 13.9. The maximum atomic E-state index is 15.1. The van der Waals surface area contributed by atoms with Crippen LogP contribution in [0.15, 0.2) is 96.2 Å². The van der Waals surface area contributed by atoms with Gasteiger partial charge in [-0.15, -0.1) is 0 Å². The molecule has 6 aromatic rings. The summed E-state index contributed by atoms with van der Waals surface area (Å²) in [4.78, 5) is 81.1. The molecule has 17 nitrogen and oxygen atoms in total. The summed E-state index contributed by atoms with van der Waals surface area (Å²) in [5.41, 5.74) is 5.48. The number of fused-ring (bicyclic) bond motifs is 1. The topological polar surface area (TPSA) is 185 Å². The number of nitrogens with zero attached hydrogens (tertiary/aromatic N) is 9. The number of piperazine rings is 2. The van der Waals surface area contributed by atoms with Gasteiger partial charge in [0.2, 0.25) is 11.8 Å². The summed E-state index contributed by atoms with van der Waals surface area (Å²) in [6.07, 6.45) is 8.15. The van der Waals surface area contributed by atoms with Crippen molar-refractivity contribution in [2.75, 3.05) is 90.4 Å². The number of anilines is 1. The number of rotatable bonds is 15. The number of H-pyrrole nitrogens is 1. The predicted molar refractivity (Wildman–Crippen MR) is 268 cm³/mol. The summed E-state index contributed by atoms with van der Waals surface area (Å²) in [7, 11) is 0. The number of aryl methyl sites for hydroxylation is 2. The minimum absolute atomic E-state index is 0.0186. The van der Waals surface area contributed by atoms with E-state index in [1.807, 2.05) is 48.4 Å². The van der Waals surface area contributed by atoms with E-state index in [0.29, 0.717) is 98.1 Å². The number of carbonyl (C=O) groups is 4. The minimum atomic E-state index is -0.612.